The Morgan fingerprint density at radius 1 is 1.48 bits per heavy atom. The number of primary amides is 1. The number of likely N-dealkylation sites (tertiary alicyclic amines) is 1. The van der Waals surface area contributed by atoms with Gasteiger partial charge >= 0.3 is 0 Å². The number of amides is 1. The minimum atomic E-state index is -0.715. The summed E-state index contributed by atoms with van der Waals surface area (Å²) in [5.74, 6) is 0.129. The van der Waals surface area contributed by atoms with Crippen molar-refractivity contribution < 1.29 is 9.32 Å². The average molecular weight is 316 g/mol. The Labute approximate surface area is 133 Å². The third kappa shape index (κ3) is 2.92. The Kier molecular flexibility index (Phi) is 4.04. The second-order valence-corrected chi connectivity index (χ2v) is 5.96. The lowest BCUT2D eigenvalue weighted by atomic mass is 10.0. The van der Waals surface area contributed by atoms with E-state index in [1.54, 1.807) is 6.07 Å². The summed E-state index contributed by atoms with van der Waals surface area (Å²) in [5.41, 5.74) is 7.52. The van der Waals surface area contributed by atoms with Gasteiger partial charge in [0.15, 0.2) is 0 Å². The minimum absolute atomic E-state index is 0.0163. The number of hydrogen-bond acceptors (Lipinski definition) is 5. The van der Waals surface area contributed by atoms with Crippen LogP contribution in [0.25, 0.3) is 0 Å². The van der Waals surface area contributed by atoms with E-state index in [2.05, 4.69) is 15.0 Å². The molecule has 1 fully saturated rings. The monoisotopic (exact) mass is 316 g/mol. The summed E-state index contributed by atoms with van der Waals surface area (Å²) in [6, 6.07) is 3.46. The number of rotatable bonds is 4. The third-order valence-electron chi connectivity index (χ3n) is 4.39. The molecule has 23 heavy (non-hydrogen) atoms. The summed E-state index contributed by atoms with van der Waals surface area (Å²) in [5, 5.41) is 4.04. The first kappa shape index (κ1) is 15.5. The van der Waals surface area contributed by atoms with Crippen LogP contribution in [0.2, 0.25) is 0 Å². The fourth-order valence-corrected chi connectivity index (χ4v) is 3.33. The first-order valence-corrected chi connectivity index (χ1v) is 7.66. The van der Waals surface area contributed by atoms with Gasteiger partial charge in [-0.15, -0.1) is 0 Å². The number of H-pyrrole nitrogens is 1. The van der Waals surface area contributed by atoms with Crippen LogP contribution < -0.4 is 11.3 Å². The fraction of sp³-hybridized carbons (Fsp3) is 0.438. The number of hydrogen-bond donors (Lipinski definition) is 2. The fourth-order valence-electron chi connectivity index (χ4n) is 3.33. The maximum atomic E-state index is 11.9. The van der Waals surface area contributed by atoms with Crippen LogP contribution in [0.15, 0.2) is 21.5 Å². The van der Waals surface area contributed by atoms with Crippen molar-refractivity contribution in [2.45, 2.75) is 39.3 Å². The second kappa shape index (κ2) is 6.00. The maximum absolute atomic E-state index is 11.9. The maximum Gasteiger partial charge on any atom is 0.261 e. The predicted molar refractivity (Wildman–Crippen MR) is 83.9 cm³/mol. The summed E-state index contributed by atoms with van der Waals surface area (Å²) in [6.45, 7) is 5.42. The summed E-state index contributed by atoms with van der Waals surface area (Å²) in [6.07, 6.45) is 2.12. The molecule has 0 unspecified atom stereocenters. The van der Waals surface area contributed by atoms with Crippen LogP contribution in [0.5, 0.6) is 0 Å². The normalized spacial score (nSPS) is 18.4. The summed E-state index contributed by atoms with van der Waals surface area (Å²) in [7, 11) is 0. The van der Waals surface area contributed by atoms with E-state index >= 15 is 0 Å². The second-order valence-electron chi connectivity index (χ2n) is 5.96. The highest BCUT2D eigenvalue weighted by Crippen LogP contribution is 2.36. The van der Waals surface area contributed by atoms with E-state index in [1.165, 1.54) is 6.07 Å². The van der Waals surface area contributed by atoms with Gasteiger partial charge in [0.25, 0.3) is 11.5 Å². The third-order valence-corrected chi connectivity index (χ3v) is 4.39. The van der Waals surface area contributed by atoms with Gasteiger partial charge in [-0.1, -0.05) is 5.16 Å². The van der Waals surface area contributed by atoms with Gasteiger partial charge in [0.05, 0.1) is 5.69 Å². The molecule has 2 aromatic heterocycles. The van der Waals surface area contributed by atoms with Crippen LogP contribution in [-0.4, -0.2) is 27.5 Å². The number of carbonyl (C=O) groups excluding carboxylic acids is 1. The Bertz CT molecular complexity index is 773. The first-order valence-electron chi connectivity index (χ1n) is 7.66. The van der Waals surface area contributed by atoms with E-state index in [4.69, 9.17) is 10.3 Å². The van der Waals surface area contributed by atoms with E-state index in [0.717, 1.165) is 42.1 Å². The SMILES string of the molecule is Cc1noc(C)c1[C@H]1CCCN1Cc1ccc(C(N)=O)c(=O)[nH]1. The molecule has 1 saturated heterocycles. The van der Waals surface area contributed by atoms with Gasteiger partial charge in [0.2, 0.25) is 0 Å². The Balaban J connectivity index is 1.83. The number of nitrogens with zero attached hydrogens (tertiary/aromatic N) is 2. The Hall–Kier alpha value is -2.41. The average Bonchev–Trinajstić information content (AvgIpc) is 3.05. The number of aromatic nitrogens is 2. The van der Waals surface area contributed by atoms with Crippen molar-refractivity contribution in [3.05, 3.63) is 50.8 Å². The molecule has 0 aromatic carbocycles. The number of nitrogens with one attached hydrogen (secondary N) is 1. The highest BCUT2D eigenvalue weighted by atomic mass is 16.5. The highest BCUT2D eigenvalue weighted by molar-refractivity contribution is 5.92. The van der Waals surface area contributed by atoms with E-state index < -0.39 is 11.5 Å². The molecular weight excluding hydrogens is 296 g/mol. The molecular formula is C16H20N4O3. The summed E-state index contributed by atoms with van der Waals surface area (Å²) < 4.78 is 5.28. The molecule has 1 atom stereocenters. The number of carbonyl (C=O) groups is 1. The van der Waals surface area contributed by atoms with E-state index in [9.17, 15) is 9.59 Å². The molecule has 3 heterocycles. The van der Waals surface area contributed by atoms with Crippen LogP contribution >= 0.6 is 0 Å². The van der Waals surface area contributed by atoms with Crippen molar-refractivity contribution in [3.63, 3.8) is 0 Å². The highest BCUT2D eigenvalue weighted by Gasteiger charge is 2.30. The van der Waals surface area contributed by atoms with Crippen molar-refractivity contribution in [1.29, 1.82) is 0 Å². The van der Waals surface area contributed by atoms with Crippen molar-refractivity contribution >= 4 is 5.91 Å². The van der Waals surface area contributed by atoms with Gasteiger partial charge < -0.3 is 15.2 Å². The molecule has 1 amide bonds. The molecule has 3 N–H and O–H groups in total. The van der Waals surface area contributed by atoms with Gasteiger partial charge in [-0.3, -0.25) is 14.5 Å². The summed E-state index contributed by atoms with van der Waals surface area (Å²) in [4.78, 5) is 28.0. The van der Waals surface area contributed by atoms with Gasteiger partial charge in [0.1, 0.15) is 11.3 Å². The number of nitrogens with two attached hydrogens (primary N) is 1. The van der Waals surface area contributed by atoms with Gasteiger partial charge in [0, 0.05) is 23.8 Å². The minimum Gasteiger partial charge on any atom is -0.365 e. The number of pyridine rings is 1. The molecule has 2 aromatic rings. The zero-order valence-electron chi connectivity index (χ0n) is 13.3. The zero-order valence-corrected chi connectivity index (χ0v) is 13.3. The van der Waals surface area contributed by atoms with Gasteiger partial charge in [-0.2, -0.15) is 0 Å². The van der Waals surface area contributed by atoms with Crippen molar-refractivity contribution in [1.82, 2.24) is 15.0 Å². The lowest BCUT2D eigenvalue weighted by molar-refractivity contribution is 0.0998. The quantitative estimate of drug-likeness (QED) is 0.887. The molecule has 0 bridgehead atoms. The van der Waals surface area contributed by atoms with Crippen LogP contribution in [0.1, 0.15) is 52.0 Å². The molecule has 0 spiro atoms. The molecule has 3 rings (SSSR count). The molecule has 0 saturated carbocycles. The lowest BCUT2D eigenvalue weighted by Gasteiger charge is -2.24. The number of aromatic amines is 1. The van der Waals surface area contributed by atoms with Gasteiger partial charge in [-0.05, 0) is 45.4 Å². The predicted octanol–water partition coefficient (Wildman–Crippen LogP) is 1.42. The molecule has 1 aliphatic rings. The van der Waals surface area contributed by atoms with Crippen LogP contribution in [0.4, 0.5) is 0 Å². The molecule has 0 aliphatic carbocycles. The van der Waals surface area contributed by atoms with Crippen LogP contribution in [-0.2, 0) is 6.54 Å². The number of aryl methyl sites for hydroxylation is 2. The van der Waals surface area contributed by atoms with Crippen LogP contribution in [0.3, 0.4) is 0 Å². The molecule has 7 nitrogen and oxygen atoms in total. The standard InChI is InChI=1S/C16H20N4O3/c1-9-14(10(2)23-19-9)13-4-3-7-20(13)8-11-5-6-12(15(17)21)16(22)18-11/h5-6,13H,3-4,7-8H2,1-2H3,(H2,17,21)(H,18,22)/t13-/m1/s1. The van der Waals surface area contributed by atoms with Gasteiger partial charge in [-0.25, -0.2) is 0 Å². The lowest BCUT2D eigenvalue weighted by Crippen LogP contribution is -2.28. The smallest absolute Gasteiger partial charge is 0.261 e. The zero-order chi connectivity index (χ0) is 16.6. The van der Waals surface area contributed by atoms with Crippen molar-refractivity contribution in [3.8, 4) is 0 Å². The van der Waals surface area contributed by atoms with E-state index in [0.29, 0.717) is 6.54 Å². The summed E-state index contributed by atoms with van der Waals surface area (Å²) >= 11 is 0. The Morgan fingerprint density at radius 3 is 2.87 bits per heavy atom. The molecule has 1 aliphatic heterocycles. The van der Waals surface area contributed by atoms with Crippen LogP contribution in [0, 0.1) is 13.8 Å². The molecule has 0 radical (unpaired) electrons. The Morgan fingerprint density at radius 2 is 2.26 bits per heavy atom. The largest absolute Gasteiger partial charge is 0.365 e. The van der Waals surface area contributed by atoms with Crippen molar-refractivity contribution in [2.75, 3.05) is 6.54 Å². The molecule has 122 valence electrons. The van der Waals surface area contributed by atoms with E-state index in [1.807, 2.05) is 13.8 Å². The first-order chi connectivity index (χ1) is 11.0. The van der Waals surface area contributed by atoms with Crippen molar-refractivity contribution in [2.24, 2.45) is 5.73 Å². The van der Waals surface area contributed by atoms with E-state index in [-0.39, 0.29) is 11.6 Å². The topological polar surface area (TPSA) is 105 Å². The molecule has 7 heteroatoms.